The summed E-state index contributed by atoms with van der Waals surface area (Å²) in [6.07, 6.45) is 1.09. The number of nitrogens with one attached hydrogen (secondary N) is 1. The van der Waals surface area contributed by atoms with Crippen molar-refractivity contribution in [3.05, 3.63) is 21.9 Å². The second kappa shape index (κ2) is 6.23. The zero-order chi connectivity index (χ0) is 12.9. The average molecular weight is 249 g/mol. The van der Waals surface area contributed by atoms with Gasteiger partial charge < -0.3 is 5.32 Å². The fourth-order valence-corrected chi connectivity index (χ4v) is 2.52. The van der Waals surface area contributed by atoms with E-state index in [2.05, 4.69) is 63.9 Å². The quantitative estimate of drug-likeness (QED) is 0.804. The molecule has 1 N–H and O–H groups in total. The topological polar surface area (TPSA) is 12.0 Å². The number of thiophene rings is 1. The van der Waals surface area contributed by atoms with Gasteiger partial charge in [-0.15, -0.1) is 11.3 Å². The van der Waals surface area contributed by atoms with Crippen LogP contribution in [0.3, 0.4) is 0 Å². The smallest absolute Gasteiger partial charge is 0.0578 e. The van der Waals surface area contributed by atoms with E-state index >= 15 is 0 Å². The molecule has 0 saturated carbocycles. The standard InChI is InChI=1S/C15H23NS/c1-12(11-14-8-7-13(2)17-14)16-10-6-9-15(3,4)5/h7-8,12,16H,10-11H2,1-5H3. The molecule has 1 aromatic heterocycles. The summed E-state index contributed by atoms with van der Waals surface area (Å²) in [6.45, 7) is 11.6. The molecular weight excluding hydrogens is 226 g/mol. The summed E-state index contributed by atoms with van der Waals surface area (Å²) in [5.41, 5.74) is 0.107. The van der Waals surface area contributed by atoms with Crippen LogP contribution in [0.25, 0.3) is 0 Å². The normalized spacial score (nSPS) is 13.0. The van der Waals surface area contributed by atoms with Gasteiger partial charge in [-0.05, 0) is 53.2 Å². The molecule has 1 nitrogen and oxygen atoms in total. The summed E-state index contributed by atoms with van der Waals surface area (Å²) >= 11 is 1.88. The molecule has 0 aliphatic carbocycles. The van der Waals surface area contributed by atoms with Gasteiger partial charge in [-0.25, -0.2) is 0 Å². The molecular formula is C15H23NS. The third kappa shape index (κ3) is 6.51. The predicted octanol–water partition coefficient (Wildman–Crippen LogP) is 3.63. The first-order valence-corrected chi connectivity index (χ1v) is 6.97. The fourth-order valence-electron chi connectivity index (χ4n) is 1.50. The Morgan fingerprint density at radius 1 is 1.35 bits per heavy atom. The highest BCUT2D eigenvalue weighted by atomic mass is 32.1. The Labute approximate surface area is 110 Å². The van der Waals surface area contributed by atoms with E-state index in [0.29, 0.717) is 6.04 Å². The Kier molecular flexibility index (Phi) is 5.24. The lowest BCUT2D eigenvalue weighted by Crippen LogP contribution is -2.28. The van der Waals surface area contributed by atoms with Gasteiger partial charge in [0.1, 0.15) is 0 Å². The monoisotopic (exact) mass is 249 g/mol. The molecule has 1 aromatic rings. The molecule has 17 heavy (non-hydrogen) atoms. The van der Waals surface area contributed by atoms with Gasteiger partial charge in [0, 0.05) is 21.2 Å². The van der Waals surface area contributed by atoms with Crippen molar-refractivity contribution in [1.82, 2.24) is 5.32 Å². The molecule has 0 aromatic carbocycles. The molecule has 1 heterocycles. The van der Waals surface area contributed by atoms with Gasteiger partial charge in [-0.2, -0.15) is 0 Å². The highest BCUT2D eigenvalue weighted by Crippen LogP contribution is 2.16. The number of rotatable bonds is 4. The van der Waals surface area contributed by atoms with Gasteiger partial charge >= 0.3 is 0 Å². The van der Waals surface area contributed by atoms with E-state index in [1.54, 1.807) is 0 Å². The summed E-state index contributed by atoms with van der Waals surface area (Å²) < 4.78 is 0. The van der Waals surface area contributed by atoms with E-state index in [4.69, 9.17) is 0 Å². The van der Waals surface area contributed by atoms with Crippen molar-refractivity contribution < 1.29 is 0 Å². The van der Waals surface area contributed by atoms with Crippen LogP contribution in [0.1, 0.15) is 37.4 Å². The van der Waals surface area contributed by atoms with Crippen LogP contribution in [-0.2, 0) is 6.42 Å². The zero-order valence-electron chi connectivity index (χ0n) is 11.6. The second-order valence-corrected chi connectivity index (χ2v) is 6.92. The molecule has 0 amide bonds. The minimum Gasteiger partial charge on any atom is -0.303 e. The predicted molar refractivity (Wildman–Crippen MR) is 77.5 cm³/mol. The maximum absolute atomic E-state index is 3.45. The molecule has 0 saturated heterocycles. The molecule has 0 aliphatic rings. The van der Waals surface area contributed by atoms with Crippen LogP contribution in [0, 0.1) is 24.2 Å². The van der Waals surface area contributed by atoms with Gasteiger partial charge in [0.2, 0.25) is 0 Å². The first kappa shape index (κ1) is 14.3. The van der Waals surface area contributed by atoms with Gasteiger partial charge in [0.05, 0.1) is 6.54 Å². The largest absolute Gasteiger partial charge is 0.303 e. The van der Waals surface area contributed by atoms with Crippen LogP contribution in [-0.4, -0.2) is 12.6 Å². The van der Waals surface area contributed by atoms with Crippen molar-refractivity contribution in [2.45, 2.75) is 47.1 Å². The van der Waals surface area contributed by atoms with Crippen molar-refractivity contribution in [3.63, 3.8) is 0 Å². The Balaban J connectivity index is 2.30. The summed E-state index contributed by atoms with van der Waals surface area (Å²) in [5.74, 6) is 6.42. The van der Waals surface area contributed by atoms with E-state index in [9.17, 15) is 0 Å². The summed E-state index contributed by atoms with van der Waals surface area (Å²) in [5, 5.41) is 3.45. The molecule has 1 atom stereocenters. The Morgan fingerprint density at radius 2 is 2.06 bits per heavy atom. The van der Waals surface area contributed by atoms with Gasteiger partial charge in [-0.1, -0.05) is 11.8 Å². The number of aryl methyl sites for hydroxylation is 1. The number of hydrogen-bond donors (Lipinski definition) is 1. The molecule has 0 bridgehead atoms. The lowest BCUT2D eigenvalue weighted by Gasteiger charge is -2.11. The lowest BCUT2D eigenvalue weighted by atomic mass is 9.98. The molecule has 0 spiro atoms. The molecule has 0 fully saturated rings. The van der Waals surface area contributed by atoms with Crippen molar-refractivity contribution in [3.8, 4) is 11.8 Å². The van der Waals surface area contributed by atoms with Crippen molar-refractivity contribution >= 4 is 11.3 Å². The van der Waals surface area contributed by atoms with Gasteiger partial charge in [0.25, 0.3) is 0 Å². The third-order valence-electron chi connectivity index (χ3n) is 2.31. The van der Waals surface area contributed by atoms with Crippen LogP contribution in [0.15, 0.2) is 12.1 Å². The maximum atomic E-state index is 3.45. The van der Waals surface area contributed by atoms with Crippen LogP contribution in [0.4, 0.5) is 0 Å². The molecule has 0 radical (unpaired) electrons. The van der Waals surface area contributed by atoms with E-state index in [1.165, 1.54) is 9.75 Å². The fraction of sp³-hybridized carbons (Fsp3) is 0.600. The second-order valence-electron chi connectivity index (χ2n) is 5.55. The SMILES string of the molecule is Cc1ccc(CC(C)NCC#CC(C)(C)C)s1. The van der Waals surface area contributed by atoms with Crippen LogP contribution in [0.2, 0.25) is 0 Å². The van der Waals surface area contributed by atoms with E-state index in [1.807, 2.05) is 11.3 Å². The van der Waals surface area contributed by atoms with Crippen LogP contribution in [0.5, 0.6) is 0 Å². The number of hydrogen-bond acceptors (Lipinski definition) is 2. The van der Waals surface area contributed by atoms with Crippen LogP contribution >= 0.6 is 11.3 Å². The molecule has 94 valence electrons. The summed E-state index contributed by atoms with van der Waals surface area (Å²) in [4.78, 5) is 2.84. The van der Waals surface area contributed by atoms with Gasteiger partial charge in [0.15, 0.2) is 0 Å². The van der Waals surface area contributed by atoms with Crippen molar-refractivity contribution in [2.75, 3.05) is 6.54 Å². The third-order valence-corrected chi connectivity index (χ3v) is 3.33. The first-order chi connectivity index (χ1) is 7.87. The summed E-state index contributed by atoms with van der Waals surface area (Å²) in [6, 6.07) is 4.90. The highest BCUT2D eigenvalue weighted by Gasteiger charge is 2.05. The molecule has 2 heteroatoms. The first-order valence-electron chi connectivity index (χ1n) is 6.15. The zero-order valence-corrected chi connectivity index (χ0v) is 12.4. The Bertz CT molecular complexity index is 401. The van der Waals surface area contributed by atoms with E-state index in [0.717, 1.165) is 13.0 Å². The van der Waals surface area contributed by atoms with E-state index in [-0.39, 0.29) is 5.41 Å². The van der Waals surface area contributed by atoms with Gasteiger partial charge in [-0.3, -0.25) is 0 Å². The van der Waals surface area contributed by atoms with Crippen molar-refractivity contribution in [2.24, 2.45) is 5.41 Å². The molecule has 1 rings (SSSR count). The minimum absolute atomic E-state index is 0.107. The maximum Gasteiger partial charge on any atom is 0.0578 e. The molecule has 1 unspecified atom stereocenters. The Hall–Kier alpha value is -0.780. The highest BCUT2D eigenvalue weighted by molar-refractivity contribution is 7.11. The molecule has 0 aliphatic heterocycles. The average Bonchev–Trinajstić information content (AvgIpc) is 2.57. The van der Waals surface area contributed by atoms with Crippen LogP contribution < -0.4 is 5.32 Å². The lowest BCUT2D eigenvalue weighted by molar-refractivity contribution is 0.565. The summed E-state index contributed by atoms with van der Waals surface area (Å²) in [7, 11) is 0. The Morgan fingerprint density at radius 3 is 2.59 bits per heavy atom. The van der Waals surface area contributed by atoms with Crippen molar-refractivity contribution in [1.29, 1.82) is 0 Å². The van der Waals surface area contributed by atoms with E-state index < -0.39 is 0 Å². The minimum atomic E-state index is 0.107.